The molecule has 136 valence electrons. The Labute approximate surface area is 155 Å². The van der Waals surface area contributed by atoms with Gasteiger partial charge in [0.2, 0.25) is 5.91 Å². The highest BCUT2D eigenvalue weighted by Crippen LogP contribution is 2.22. The molecule has 0 spiro atoms. The Kier molecular flexibility index (Phi) is 5.40. The largest absolute Gasteiger partial charge is 0.338 e. The van der Waals surface area contributed by atoms with Crippen LogP contribution in [0.15, 0.2) is 42.5 Å². The van der Waals surface area contributed by atoms with Crippen molar-refractivity contribution in [2.75, 3.05) is 18.4 Å². The van der Waals surface area contributed by atoms with E-state index in [1.54, 1.807) is 0 Å². The zero-order chi connectivity index (χ0) is 18.7. The van der Waals surface area contributed by atoms with Crippen LogP contribution in [0.1, 0.15) is 39.9 Å². The number of carbonyl (C=O) groups excluding carboxylic acids is 2. The van der Waals surface area contributed by atoms with Crippen LogP contribution in [0, 0.1) is 26.7 Å². The molecule has 0 aromatic heterocycles. The predicted octanol–water partition coefficient (Wildman–Crippen LogP) is 4.10. The zero-order valence-electron chi connectivity index (χ0n) is 15.7. The van der Waals surface area contributed by atoms with Crippen molar-refractivity contribution in [2.45, 2.75) is 33.6 Å². The summed E-state index contributed by atoms with van der Waals surface area (Å²) in [6.45, 7) is 7.16. The lowest BCUT2D eigenvalue weighted by Gasteiger charge is -2.32. The van der Waals surface area contributed by atoms with E-state index in [9.17, 15) is 9.59 Å². The van der Waals surface area contributed by atoms with Gasteiger partial charge in [-0.3, -0.25) is 9.59 Å². The predicted molar refractivity (Wildman–Crippen MR) is 104 cm³/mol. The Bertz CT molecular complexity index is 808. The summed E-state index contributed by atoms with van der Waals surface area (Å²) >= 11 is 0. The summed E-state index contributed by atoms with van der Waals surface area (Å²) in [5.41, 5.74) is 4.76. The molecule has 1 unspecified atom stereocenters. The minimum absolute atomic E-state index is 0.00257. The Balaban J connectivity index is 1.69. The van der Waals surface area contributed by atoms with Gasteiger partial charge in [0, 0.05) is 24.3 Å². The average molecular weight is 350 g/mol. The third-order valence-corrected chi connectivity index (χ3v) is 4.95. The summed E-state index contributed by atoms with van der Waals surface area (Å²) in [6, 6.07) is 13.7. The van der Waals surface area contributed by atoms with Crippen molar-refractivity contribution < 1.29 is 9.59 Å². The van der Waals surface area contributed by atoms with Crippen LogP contribution in [0.4, 0.5) is 5.69 Å². The van der Waals surface area contributed by atoms with Crippen LogP contribution in [-0.2, 0) is 4.79 Å². The lowest BCUT2D eigenvalue weighted by molar-refractivity contribution is -0.121. The number of piperidine rings is 1. The molecule has 3 rings (SSSR count). The van der Waals surface area contributed by atoms with Crippen LogP contribution < -0.4 is 5.32 Å². The highest BCUT2D eigenvalue weighted by molar-refractivity contribution is 5.96. The van der Waals surface area contributed by atoms with Crippen molar-refractivity contribution in [3.63, 3.8) is 0 Å². The van der Waals surface area contributed by atoms with E-state index >= 15 is 0 Å². The van der Waals surface area contributed by atoms with E-state index in [-0.39, 0.29) is 17.7 Å². The summed E-state index contributed by atoms with van der Waals surface area (Å²) in [5, 5.41) is 3.02. The highest BCUT2D eigenvalue weighted by Gasteiger charge is 2.29. The molecule has 1 N–H and O–H groups in total. The highest BCUT2D eigenvalue weighted by atomic mass is 16.2. The SMILES string of the molecule is Cc1cc(C)cc(C(=O)N2CCCC(C(=O)Nc3ccccc3C)C2)c1. The molecule has 0 saturated carbocycles. The normalized spacial score (nSPS) is 17.0. The second kappa shape index (κ2) is 7.73. The smallest absolute Gasteiger partial charge is 0.253 e. The molecule has 26 heavy (non-hydrogen) atoms. The van der Waals surface area contributed by atoms with Gasteiger partial charge in [-0.05, 0) is 57.4 Å². The van der Waals surface area contributed by atoms with E-state index in [1.807, 2.05) is 62.1 Å². The lowest BCUT2D eigenvalue weighted by atomic mass is 9.95. The molecule has 0 radical (unpaired) electrons. The van der Waals surface area contributed by atoms with Crippen molar-refractivity contribution in [1.29, 1.82) is 0 Å². The first-order valence-corrected chi connectivity index (χ1v) is 9.18. The van der Waals surface area contributed by atoms with Crippen molar-refractivity contribution in [2.24, 2.45) is 5.92 Å². The van der Waals surface area contributed by atoms with Crippen LogP contribution in [0.2, 0.25) is 0 Å². The third-order valence-electron chi connectivity index (χ3n) is 4.95. The molecule has 1 atom stereocenters. The molecule has 0 aliphatic carbocycles. The van der Waals surface area contributed by atoms with Gasteiger partial charge in [0.1, 0.15) is 0 Å². The van der Waals surface area contributed by atoms with Crippen LogP contribution in [-0.4, -0.2) is 29.8 Å². The Morgan fingerprint density at radius 1 is 1.04 bits per heavy atom. The minimum Gasteiger partial charge on any atom is -0.338 e. The van der Waals surface area contributed by atoms with E-state index in [1.165, 1.54) is 0 Å². The van der Waals surface area contributed by atoms with Gasteiger partial charge in [-0.15, -0.1) is 0 Å². The summed E-state index contributed by atoms with van der Waals surface area (Å²) in [5.74, 6) is -0.152. The third kappa shape index (κ3) is 4.13. The zero-order valence-corrected chi connectivity index (χ0v) is 15.7. The first-order chi connectivity index (χ1) is 12.4. The fourth-order valence-electron chi connectivity index (χ4n) is 3.60. The molecule has 1 heterocycles. The number of hydrogen-bond acceptors (Lipinski definition) is 2. The summed E-state index contributed by atoms with van der Waals surface area (Å²) < 4.78 is 0. The van der Waals surface area contributed by atoms with Crippen molar-refractivity contribution in [1.82, 2.24) is 4.90 Å². The Morgan fingerprint density at radius 2 is 1.73 bits per heavy atom. The topological polar surface area (TPSA) is 49.4 Å². The molecule has 1 saturated heterocycles. The van der Waals surface area contributed by atoms with Gasteiger partial charge in [0.25, 0.3) is 5.91 Å². The molecule has 2 aromatic carbocycles. The first kappa shape index (κ1) is 18.2. The molecule has 4 heteroatoms. The van der Waals surface area contributed by atoms with Crippen molar-refractivity contribution >= 4 is 17.5 Å². The average Bonchev–Trinajstić information content (AvgIpc) is 2.62. The van der Waals surface area contributed by atoms with Gasteiger partial charge in [0.05, 0.1) is 5.92 Å². The maximum Gasteiger partial charge on any atom is 0.253 e. The van der Waals surface area contributed by atoms with E-state index in [2.05, 4.69) is 11.4 Å². The fourth-order valence-corrected chi connectivity index (χ4v) is 3.60. The van der Waals surface area contributed by atoms with Crippen molar-refractivity contribution in [3.05, 3.63) is 64.7 Å². The standard InChI is InChI=1S/C22H26N2O2/c1-15-11-16(2)13-19(12-15)22(26)24-10-6-8-18(14-24)21(25)23-20-9-5-4-7-17(20)3/h4-5,7,9,11-13,18H,6,8,10,14H2,1-3H3,(H,23,25). The van der Waals surface area contributed by atoms with Crippen LogP contribution >= 0.6 is 0 Å². The number of benzene rings is 2. The number of nitrogens with one attached hydrogen (secondary N) is 1. The molecule has 4 nitrogen and oxygen atoms in total. The molecule has 1 fully saturated rings. The summed E-state index contributed by atoms with van der Waals surface area (Å²) in [4.78, 5) is 27.4. The molecular weight excluding hydrogens is 324 g/mol. The minimum atomic E-state index is -0.168. The molecule has 2 amide bonds. The maximum absolute atomic E-state index is 12.9. The first-order valence-electron chi connectivity index (χ1n) is 9.18. The van der Waals surface area contributed by atoms with Gasteiger partial charge in [-0.25, -0.2) is 0 Å². The van der Waals surface area contributed by atoms with E-state index in [0.29, 0.717) is 18.7 Å². The second-order valence-electron chi connectivity index (χ2n) is 7.27. The van der Waals surface area contributed by atoms with Gasteiger partial charge in [0.15, 0.2) is 0 Å². The Hall–Kier alpha value is -2.62. The molecule has 2 aromatic rings. The number of carbonyl (C=O) groups is 2. The quantitative estimate of drug-likeness (QED) is 0.906. The molecule has 0 bridgehead atoms. The number of anilines is 1. The molecule has 1 aliphatic heterocycles. The second-order valence-corrected chi connectivity index (χ2v) is 7.27. The molecule has 1 aliphatic rings. The van der Waals surface area contributed by atoms with Crippen LogP contribution in [0.5, 0.6) is 0 Å². The number of likely N-dealkylation sites (tertiary alicyclic amines) is 1. The van der Waals surface area contributed by atoms with E-state index in [4.69, 9.17) is 0 Å². The fraction of sp³-hybridized carbons (Fsp3) is 0.364. The maximum atomic E-state index is 12.9. The van der Waals surface area contributed by atoms with Crippen molar-refractivity contribution in [3.8, 4) is 0 Å². The lowest BCUT2D eigenvalue weighted by Crippen LogP contribution is -2.43. The van der Waals surface area contributed by atoms with Gasteiger partial charge >= 0.3 is 0 Å². The number of nitrogens with zero attached hydrogens (tertiary/aromatic N) is 1. The number of para-hydroxylation sites is 1. The van der Waals surface area contributed by atoms with Gasteiger partial charge in [-0.2, -0.15) is 0 Å². The number of amides is 2. The van der Waals surface area contributed by atoms with Crippen LogP contribution in [0.3, 0.4) is 0 Å². The summed E-state index contributed by atoms with van der Waals surface area (Å²) in [7, 11) is 0. The van der Waals surface area contributed by atoms with Gasteiger partial charge in [-0.1, -0.05) is 35.4 Å². The number of aryl methyl sites for hydroxylation is 3. The Morgan fingerprint density at radius 3 is 2.42 bits per heavy atom. The monoisotopic (exact) mass is 350 g/mol. The van der Waals surface area contributed by atoms with E-state index in [0.717, 1.165) is 35.2 Å². The number of hydrogen-bond donors (Lipinski definition) is 1. The van der Waals surface area contributed by atoms with E-state index < -0.39 is 0 Å². The summed E-state index contributed by atoms with van der Waals surface area (Å²) in [6.07, 6.45) is 1.66. The number of rotatable bonds is 3. The molecular formula is C22H26N2O2. The van der Waals surface area contributed by atoms with Gasteiger partial charge < -0.3 is 10.2 Å². The van der Waals surface area contributed by atoms with Crippen LogP contribution in [0.25, 0.3) is 0 Å².